The van der Waals surface area contributed by atoms with Crippen LogP contribution in [0.3, 0.4) is 0 Å². The molecule has 0 spiro atoms. The molecule has 0 fully saturated rings. The zero-order valence-corrected chi connectivity index (χ0v) is 4.93. The lowest BCUT2D eigenvalue weighted by atomic mass is 10.8. The number of hydrogen-bond acceptors (Lipinski definition) is 1. The van der Waals surface area contributed by atoms with E-state index in [4.69, 9.17) is 9.79 Å². The third-order valence-corrected chi connectivity index (χ3v) is 1.72. The van der Waals surface area contributed by atoms with Crippen molar-refractivity contribution in [3.8, 4) is 0 Å². The smallest absolute Gasteiger partial charge is 0.345 e. The van der Waals surface area contributed by atoms with E-state index in [1.807, 2.05) is 0 Å². The van der Waals surface area contributed by atoms with Crippen LogP contribution in [0.25, 0.3) is 0 Å². The Morgan fingerprint density at radius 2 is 1.86 bits per heavy atom. The molecule has 5 N–H and O–H groups in total. The van der Waals surface area contributed by atoms with Gasteiger partial charge in [-0.15, -0.1) is 0 Å². The molecule has 0 heterocycles. The largest absolute Gasteiger partial charge is 0.381 e. The van der Waals surface area contributed by atoms with Crippen molar-refractivity contribution in [2.45, 2.75) is 12.7 Å². The first-order valence-electron chi connectivity index (χ1n) is 1.83. The highest BCUT2D eigenvalue weighted by Crippen LogP contribution is 2.36. The Balaban J connectivity index is 3.80. The fourth-order valence-electron chi connectivity index (χ4n) is 0. The second-order valence-corrected chi connectivity index (χ2v) is 3.50. The molecule has 7 heavy (non-hydrogen) atoms. The minimum atomic E-state index is -3.85. The molecule has 0 aromatic heterocycles. The van der Waals surface area contributed by atoms with Gasteiger partial charge in [0.05, 0.1) is 0 Å². The van der Waals surface area contributed by atoms with Crippen molar-refractivity contribution < 1.29 is 20.1 Å². The fraction of sp³-hybridized carbons (Fsp3) is 1.00. The zero-order chi connectivity index (χ0) is 6.08. The molecule has 0 saturated heterocycles. The third-order valence-electron chi connectivity index (χ3n) is 0.574. The minimum Gasteiger partial charge on any atom is -0.345 e. The molecule has 0 bridgehead atoms. The van der Waals surface area contributed by atoms with E-state index in [2.05, 4.69) is 5.73 Å². The summed E-state index contributed by atoms with van der Waals surface area (Å²) in [7, 11) is -3.85. The Morgan fingerprint density at radius 1 is 1.71 bits per heavy atom. The molecule has 0 saturated carbocycles. The third kappa shape index (κ3) is 2.76. The summed E-state index contributed by atoms with van der Waals surface area (Å²) in [5, 5.41) is 0. The molecule has 0 aliphatic rings. The Morgan fingerprint density at radius 3 is 1.86 bits per heavy atom. The van der Waals surface area contributed by atoms with Crippen LogP contribution in [-0.4, -0.2) is 15.6 Å². The van der Waals surface area contributed by atoms with Crippen LogP contribution in [0.1, 0.15) is 6.92 Å². The molecule has 4 nitrogen and oxygen atoms in total. The Kier molecular flexibility index (Phi) is 1.95. The van der Waals surface area contributed by atoms with Crippen molar-refractivity contribution in [2.24, 2.45) is 0 Å². The van der Waals surface area contributed by atoms with Crippen LogP contribution in [0.15, 0.2) is 0 Å². The number of hydrogen-bond donors (Lipinski definition) is 3. The predicted octanol–water partition coefficient (Wildman–Crippen LogP) is -1.25. The van der Waals surface area contributed by atoms with Crippen molar-refractivity contribution >= 4 is 7.60 Å². The molecule has 44 valence electrons. The van der Waals surface area contributed by atoms with Gasteiger partial charge in [-0.2, -0.15) is 0 Å². The van der Waals surface area contributed by atoms with Crippen molar-refractivity contribution in [3.05, 3.63) is 0 Å². The number of quaternary nitrogens is 1. The Bertz CT molecular complexity index is 95.1. The predicted molar refractivity (Wildman–Crippen MR) is 24.4 cm³/mol. The van der Waals surface area contributed by atoms with Gasteiger partial charge in [0.2, 0.25) is 0 Å². The first-order valence-corrected chi connectivity index (χ1v) is 3.51. The van der Waals surface area contributed by atoms with Crippen LogP contribution in [0, 0.1) is 0 Å². The summed E-state index contributed by atoms with van der Waals surface area (Å²) in [4.78, 5) is 16.3. The molecule has 0 amide bonds. The van der Waals surface area contributed by atoms with Crippen molar-refractivity contribution in [1.82, 2.24) is 0 Å². The van der Waals surface area contributed by atoms with Crippen LogP contribution < -0.4 is 5.73 Å². The van der Waals surface area contributed by atoms with Gasteiger partial charge in [-0.3, -0.25) is 4.57 Å². The van der Waals surface area contributed by atoms with Gasteiger partial charge in [-0.1, -0.05) is 0 Å². The maximum Gasteiger partial charge on any atom is 0.381 e. The first-order chi connectivity index (χ1) is 2.94. The van der Waals surface area contributed by atoms with E-state index in [0.717, 1.165) is 0 Å². The maximum absolute atomic E-state index is 9.96. The summed E-state index contributed by atoms with van der Waals surface area (Å²) in [5.41, 5.74) is 3.15. The lowest BCUT2D eigenvalue weighted by Crippen LogP contribution is -2.58. The van der Waals surface area contributed by atoms with Crippen LogP contribution in [0.2, 0.25) is 0 Å². The SMILES string of the molecule is CC([NH3+])P(=O)(O)O. The van der Waals surface area contributed by atoms with Gasteiger partial charge in [0.1, 0.15) is 0 Å². The van der Waals surface area contributed by atoms with Crippen molar-refractivity contribution in [1.29, 1.82) is 0 Å². The van der Waals surface area contributed by atoms with Gasteiger partial charge in [-0.25, -0.2) is 0 Å². The maximum atomic E-state index is 9.96. The molecule has 5 heteroatoms. The van der Waals surface area contributed by atoms with Crippen molar-refractivity contribution in [2.75, 3.05) is 0 Å². The molecule has 0 aromatic rings. The summed E-state index contributed by atoms with van der Waals surface area (Å²) in [6, 6.07) is 0. The average molecular weight is 126 g/mol. The summed E-state index contributed by atoms with van der Waals surface area (Å²) >= 11 is 0. The summed E-state index contributed by atoms with van der Waals surface area (Å²) in [6.07, 6.45) is 0. The highest BCUT2D eigenvalue weighted by molar-refractivity contribution is 7.52. The van der Waals surface area contributed by atoms with Crippen LogP contribution in [-0.2, 0) is 4.57 Å². The lowest BCUT2D eigenvalue weighted by molar-refractivity contribution is -0.387. The standard InChI is InChI=1S/C2H8NO3P/c1-2(3)7(4,5)6/h2H,3H2,1H3,(H2,4,5,6)/p+1. The van der Waals surface area contributed by atoms with E-state index < -0.39 is 13.4 Å². The quantitative estimate of drug-likeness (QED) is 0.384. The highest BCUT2D eigenvalue weighted by atomic mass is 31.2. The van der Waals surface area contributed by atoms with Gasteiger partial charge in [0.15, 0.2) is 5.78 Å². The Hall–Kier alpha value is 0.110. The van der Waals surface area contributed by atoms with E-state index in [-0.39, 0.29) is 0 Å². The summed E-state index contributed by atoms with van der Waals surface area (Å²) in [5.74, 6) is -0.785. The molecular formula is C2H9NO3P+. The monoisotopic (exact) mass is 126 g/mol. The lowest BCUT2D eigenvalue weighted by Gasteiger charge is -2.01. The first kappa shape index (κ1) is 7.11. The van der Waals surface area contributed by atoms with E-state index in [9.17, 15) is 4.57 Å². The topological polar surface area (TPSA) is 85.2 Å². The minimum absolute atomic E-state index is 0.785. The second-order valence-electron chi connectivity index (χ2n) is 1.44. The summed E-state index contributed by atoms with van der Waals surface area (Å²) < 4.78 is 9.96. The summed E-state index contributed by atoms with van der Waals surface area (Å²) in [6.45, 7) is 1.38. The molecular weight excluding hydrogens is 117 g/mol. The Labute approximate surface area is 41.5 Å². The van der Waals surface area contributed by atoms with Gasteiger partial charge in [-0.05, 0) is 6.92 Å². The van der Waals surface area contributed by atoms with Crippen LogP contribution >= 0.6 is 7.60 Å². The molecule has 1 atom stereocenters. The average Bonchev–Trinajstić information content (AvgIpc) is 1.31. The van der Waals surface area contributed by atoms with E-state index in [1.54, 1.807) is 0 Å². The molecule has 1 unspecified atom stereocenters. The molecule has 0 aliphatic heterocycles. The highest BCUT2D eigenvalue weighted by Gasteiger charge is 2.22. The molecule has 0 rings (SSSR count). The van der Waals surface area contributed by atoms with Gasteiger partial charge in [0, 0.05) is 0 Å². The van der Waals surface area contributed by atoms with Gasteiger partial charge in [0.25, 0.3) is 0 Å². The van der Waals surface area contributed by atoms with Crippen molar-refractivity contribution in [3.63, 3.8) is 0 Å². The zero-order valence-electron chi connectivity index (χ0n) is 4.03. The molecule has 0 aliphatic carbocycles. The van der Waals surface area contributed by atoms with E-state index in [1.165, 1.54) is 6.92 Å². The van der Waals surface area contributed by atoms with Gasteiger partial charge >= 0.3 is 7.60 Å². The number of rotatable bonds is 1. The fourth-order valence-corrected chi connectivity index (χ4v) is 0. The normalized spacial score (nSPS) is 16.6. The van der Waals surface area contributed by atoms with Gasteiger partial charge < -0.3 is 15.5 Å². The van der Waals surface area contributed by atoms with Crippen LogP contribution in [0.4, 0.5) is 0 Å². The van der Waals surface area contributed by atoms with E-state index >= 15 is 0 Å². The molecule has 0 aromatic carbocycles. The van der Waals surface area contributed by atoms with E-state index in [0.29, 0.717) is 0 Å². The second kappa shape index (κ2) is 1.92. The van der Waals surface area contributed by atoms with Crippen LogP contribution in [0.5, 0.6) is 0 Å². The molecule has 0 radical (unpaired) electrons.